The number of fused-ring (bicyclic) bond motifs is 1. The van der Waals surface area contributed by atoms with E-state index in [9.17, 15) is 14.4 Å². The summed E-state index contributed by atoms with van der Waals surface area (Å²) < 4.78 is 1.13. The molecule has 0 aliphatic carbocycles. The molecule has 2 fully saturated rings. The van der Waals surface area contributed by atoms with Crippen molar-refractivity contribution < 1.29 is 14.4 Å². The molecule has 0 bridgehead atoms. The van der Waals surface area contributed by atoms with Crippen molar-refractivity contribution in [3.8, 4) is 0 Å². The van der Waals surface area contributed by atoms with Gasteiger partial charge in [-0.15, -0.1) is 11.3 Å². The summed E-state index contributed by atoms with van der Waals surface area (Å²) in [7, 11) is 0. The first-order chi connectivity index (χ1) is 16.4. The summed E-state index contributed by atoms with van der Waals surface area (Å²) in [5, 5.41) is 4.57. The number of hydrogen-bond donors (Lipinski definition) is 2. The monoisotopic (exact) mass is 477 g/mol. The lowest BCUT2D eigenvalue weighted by Crippen LogP contribution is -2.51. The molecule has 2 saturated heterocycles. The number of imide groups is 1. The molecule has 9 heteroatoms. The van der Waals surface area contributed by atoms with Crippen LogP contribution < -0.4 is 10.7 Å². The van der Waals surface area contributed by atoms with Crippen molar-refractivity contribution in [3.05, 3.63) is 65.2 Å². The molecule has 2 N–H and O–H groups in total. The number of nitrogens with zero attached hydrogens (tertiary/aromatic N) is 3. The van der Waals surface area contributed by atoms with Crippen molar-refractivity contribution in [1.29, 1.82) is 0 Å². The molecule has 0 spiro atoms. The number of amides is 4. The van der Waals surface area contributed by atoms with E-state index in [2.05, 4.69) is 21.7 Å². The van der Waals surface area contributed by atoms with Crippen molar-refractivity contribution in [2.45, 2.75) is 44.2 Å². The molecule has 3 aromatic rings. The molecule has 1 aromatic heterocycles. The highest BCUT2D eigenvalue weighted by molar-refractivity contribution is 7.18. The van der Waals surface area contributed by atoms with Gasteiger partial charge in [-0.3, -0.25) is 19.9 Å². The fourth-order valence-corrected chi connectivity index (χ4v) is 5.80. The molecule has 5 rings (SSSR count). The Morgan fingerprint density at radius 1 is 1.18 bits per heavy atom. The summed E-state index contributed by atoms with van der Waals surface area (Å²) in [5.41, 5.74) is 3.53. The smallest absolute Gasteiger partial charge is 0.322 e. The third-order valence-corrected chi connectivity index (χ3v) is 7.70. The number of nitrogens with one attached hydrogen (secondary N) is 2. The largest absolute Gasteiger partial charge is 0.344 e. The van der Waals surface area contributed by atoms with Gasteiger partial charge in [0.1, 0.15) is 10.5 Å². The Morgan fingerprint density at radius 2 is 1.94 bits per heavy atom. The second-order valence-electron chi connectivity index (χ2n) is 9.07. The van der Waals surface area contributed by atoms with Gasteiger partial charge in [-0.05, 0) is 56.8 Å². The van der Waals surface area contributed by atoms with Crippen molar-refractivity contribution in [2.75, 3.05) is 13.1 Å². The van der Waals surface area contributed by atoms with Crippen LogP contribution in [0.3, 0.4) is 0 Å². The zero-order chi connectivity index (χ0) is 23.7. The van der Waals surface area contributed by atoms with Gasteiger partial charge >= 0.3 is 6.03 Å². The number of hydrogen-bond acceptors (Lipinski definition) is 6. The van der Waals surface area contributed by atoms with Crippen LogP contribution in [0.15, 0.2) is 54.6 Å². The van der Waals surface area contributed by atoms with Crippen LogP contribution in [-0.2, 0) is 16.0 Å². The van der Waals surface area contributed by atoms with E-state index in [-0.39, 0.29) is 18.5 Å². The van der Waals surface area contributed by atoms with Gasteiger partial charge < -0.3 is 5.32 Å². The minimum Gasteiger partial charge on any atom is -0.322 e. The Bertz CT molecular complexity index is 1200. The summed E-state index contributed by atoms with van der Waals surface area (Å²) in [4.78, 5) is 45.2. The number of rotatable bonds is 7. The first-order valence-corrected chi connectivity index (χ1v) is 12.3. The Hall–Kier alpha value is -3.30. The Labute approximate surface area is 201 Å². The number of hydrazine groups is 1. The number of para-hydroxylation sites is 1. The number of urea groups is 1. The quantitative estimate of drug-likeness (QED) is 0.509. The minimum atomic E-state index is -1.06. The lowest BCUT2D eigenvalue weighted by atomic mass is 9.93. The molecular formula is C25H27N5O3S. The van der Waals surface area contributed by atoms with Crippen molar-refractivity contribution in [2.24, 2.45) is 0 Å². The molecule has 0 saturated carbocycles. The van der Waals surface area contributed by atoms with E-state index in [0.717, 1.165) is 45.2 Å². The van der Waals surface area contributed by atoms with Gasteiger partial charge in [0.2, 0.25) is 0 Å². The number of aromatic nitrogens is 1. The van der Waals surface area contributed by atoms with E-state index in [1.807, 2.05) is 48.5 Å². The maximum absolute atomic E-state index is 13.0. The molecule has 2 aliphatic heterocycles. The van der Waals surface area contributed by atoms with Crippen LogP contribution in [-0.4, -0.2) is 51.4 Å². The normalized spacial score (nSPS) is 23.0. The van der Waals surface area contributed by atoms with Crippen LogP contribution in [0.4, 0.5) is 4.79 Å². The molecule has 0 unspecified atom stereocenters. The van der Waals surface area contributed by atoms with Crippen LogP contribution in [0.5, 0.6) is 0 Å². The van der Waals surface area contributed by atoms with Gasteiger partial charge in [0.05, 0.1) is 22.8 Å². The topological polar surface area (TPSA) is 94.6 Å². The van der Waals surface area contributed by atoms with E-state index in [1.54, 1.807) is 18.3 Å². The molecule has 4 amide bonds. The lowest BCUT2D eigenvalue weighted by molar-refractivity contribution is -0.139. The first-order valence-electron chi connectivity index (χ1n) is 11.5. The zero-order valence-electron chi connectivity index (χ0n) is 19.0. The predicted molar refractivity (Wildman–Crippen MR) is 130 cm³/mol. The van der Waals surface area contributed by atoms with Crippen LogP contribution >= 0.6 is 11.3 Å². The molecule has 2 aromatic carbocycles. The molecule has 34 heavy (non-hydrogen) atoms. The van der Waals surface area contributed by atoms with Crippen molar-refractivity contribution in [1.82, 2.24) is 25.6 Å². The van der Waals surface area contributed by atoms with Crippen LogP contribution in [0.2, 0.25) is 0 Å². The summed E-state index contributed by atoms with van der Waals surface area (Å²) in [6.07, 6.45) is 2.98. The third-order valence-electron chi connectivity index (χ3n) is 6.56. The van der Waals surface area contributed by atoms with E-state index in [0.29, 0.717) is 12.8 Å². The van der Waals surface area contributed by atoms with Gasteiger partial charge in [0, 0.05) is 0 Å². The van der Waals surface area contributed by atoms with Gasteiger partial charge in [0.25, 0.3) is 11.8 Å². The minimum absolute atomic E-state index is 0.0578. The molecule has 8 nitrogen and oxygen atoms in total. The first kappa shape index (κ1) is 22.5. The van der Waals surface area contributed by atoms with Crippen LogP contribution in [0.25, 0.3) is 10.2 Å². The van der Waals surface area contributed by atoms with Crippen molar-refractivity contribution in [3.63, 3.8) is 0 Å². The number of carbonyl (C=O) groups is 3. The SMILES string of the molecule is C[C@]1(CCc2ccccc2)NC(=O)N(NC(=O)CN2CCC[C@@H]2c2nc3ccccc3s2)C1=O. The van der Waals surface area contributed by atoms with Crippen LogP contribution in [0.1, 0.15) is 42.8 Å². The molecule has 2 aliphatic rings. The third kappa shape index (κ3) is 4.41. The van der Waals surface area contributed by atoms with E-state index < -0.39 is 17.5 Å². The summed E-state index contributed by atoms with van der Waals surface area (Å²) in [6, 6.07) is 17.3. The highest BCUT2D eigenvalue weighted by atomic mass is 32.1. The summed E-state index contributed by atoms with van der Waals surface area (Å²) in [6.45, 7) is 2.56. The summed E-state index contributed by atoms with van der Waals surface area (Å²) in [5.74, 6) is -0.824. The molecular weight excluding hydrogens is 450 g/mol. The average Bonchev–Trinajstić information content (AvgIpc) is 3.52. The predicted octanol–water partition coefficient (Wildman–Crippen LogP) is 3.41. The second kappa shape index (κ2) is 9.15. The number of carbonyl (C=O) groups excluding carboxylic acids is 3. The highest BCUT2D eigenvalue weighted by Gasteiger charge is 2.48. The Kier molecular flexibility index (Phi) is 6.05. The lowest BCUT2D eigenvalue weighted by Gasteiger charge is -2.24. The summed E-state index contributed by atoms with van der Waals surface area (Å²) >= 11 is 1.65. The molecule has 176 valence electrons. The van der Waals surface area contributed by atoms with E-state index in [1.165, 1.54) is 0 Å². The fourth-order valence-electron chi connectivity index (χ4n) is 4.67. The van der Waals surface area contributed by atoms with Gasteiger partial charge in [-0.25, -0.2) is 9.78 Å². The van der Waals surface area contributed by atoms with Crippen molar-refractivity contribution >= 4 is 39.4 Å². The molecule has 0 radical (unpaired) electrons. The van der Waals surface area contributed by atoms with Gasteiger partial charge in [0.15, 0.2) is 0 Å². The van der Waals surface area contributed by atoms with E-state index >= 15 is 0 Å². The standard InChI is InChI=1S/C25H27N5O3S/c1-25(14-13-17-8-3-2-4-9-17)23(32)30(24(33)27-25)28-21(31)16-29-15-7-11-19(29)22-26-18-10-5-6-12-20(18)34-22/h2-6,8-10,12,19H,7,11,13-16H2,1H3,(H,27,33)(H,28,31)/t19-,25-/m1/s1. The fraction of sp³-hybridized carbons (Fsp3) is 0.360. The van der Waals surface area contributed by atoms with E-state index in [4.69, 9.17) is 4.98 Å². The maximum atomic E-state index is 13.0. The number of likely N-dealkylation sites (tertiary alicyclic amines) is 1. The second-order valence-corrected chi connectivity index (χ2v) is 10.1. The zero-order valence-corrected chi connectivity index (χ0v) is 19.8. The van der Waals surface area contributed by atoms with Gasteiger partial charge in [-0.1, -0.05) is 42.5 Å². The Balaban J connectivity index is 1.21. The molecule has 2 atom stereocenters. The van der Waals surface area contributed by atoms with Crippen LogP contribution in [0, 0.1) is 0 Å². The molecule has 3 heterocycles. The maximum Gasteiger partial charge on any atom is 0.344 e. The number of aryl methyl sites for hydroxylation is 1. The number of benzene rings is 2. The highest BCUT2D eigenvalue weighted by Crippen LogP contribution is 2.36. The Morgan fingerprint density at radius 3 is 2.74 bits per heavy atom. The number of thiazole rings is 1. The van der Waals surface area contributed by atoms with Gasteiger partial charge in [-0.2, -0.15) is 5.01 Å². The average molecular weight is 478 g/mol.